The minimum atomic E-state index is -0.633. The van der Waals surface area contributed by atoms with Crippen molar-refractivity contribution in [3.63, 3.8) is 0 Å². The van der Waals surface area contributed by atoms with E-state index >= 15 is 0 Å². The number of phenols is 1. The molecular weight excluding hydrogens is 340 g/mol. The fourth-order valence-electron chi connectivity index (χ4n) is 2.28. The molecule has 4 N–H and O–H groups in total. The third-order valence-electron chi connectivity index (χ3n) is 3.46. The summed E-state index contributed by atoms with van der Waals surface area (Å²) in [6.45, 7) is 0. The van der Waals surface area contributed by atoms with Gasteiger partial charge in [0.1, 0.15) is 11.4 Å². The molecule has 1 heterocycles. The third kappa shape index (κ3) is 3.43. The summed E-state index contributed by atoms with van der Waals surface area (Å²) in [6.07, 6.45) is 1.46. The number of benzene rings is 2. The van der Waals surface area contributed by atoms with E-state index in [1.54, 1.807) is 28.8 Å². The summed E-state index contributed by atoms with van der Waals surface area (Å²) in [5.74, 6) is -1.37. The van der Waals surface area contributed by atoms with E-state index in [0.29, 0.717) is 10.5 Å². The highest BCUT2D eigenvalue weighted by Gasteiger charge is 2.16. The van der Waals surface area contributed by atoms with E-state index in [1.165, 1.54) is 18.3 Å². The van der Waals surface area contributed by atoms with E-state index in [1.807, 2.05) is 18.2 Å². The number of carbonyl (C=O) groups excluding carboxylic acids is 2. The SMILES string of the molecule is O=C(NNC(=O)c1c[nH]c(=S)n1-c1ccccc1)c1ccccc1O. The Morgan fingerprint density at radius 2 is 1.60 bits per heavy atom. The van der Waals surface area contributed by atoms with Crippen LogP contribution in [0.15, 0.2) is 60.8 Å². The molecule has 0 aliphatic rings. The van der Waals surface area contributed by atoms with Crippen molar-refractivity contribution in [2.45, 2.75) is 0 Å². The van der Waals surface area contributed by atoms with Gasteiger partial charge in [0, 0.05) is 11.9 Å². The fraction of sp³-hybridized carbons (Fsp3) is 0. The van der Waals surface area contributed by atoms with Gasteiger partial charge in [0.05, 0.1) is 5.56 Å². The second-order valence-electron chi connectivity index (χ2n) is 5.08. The van der Waals surface area contributed by atoms with E-state index in [0.717, 1.165) is 0 Å². The summed E-state index contributed by atoms with van der Waals surface area (Å²) in [4.78, 5) is 27.2. The number of carbonyl (C=O) groups is 2. The second kappa shape index (κ2) is 7.02. The number of hydrogen-bond donors (Lipinski definition) is 4. The first-order chi connectivity index (χ1) is 12.1. The van der Waals surface area contributed by atoms with Gasteiger partial charge in [0.15, 0.2) is 4.77 Å². The van der Waals surface area contributed by atoms with Gasteiger partial charge in [-0.25, -0.2) is 0 Å². The molecule has 0 bridgehead atoms. The summed E-state index contributed by atoms with van der Waals surface area (Å²) < 4.78 is 1.90. The Hall–Kier alpha value is -3.39. The standard InChI is InChI=1S/C17H14N4O3S/c22-14-9-5-4-8-12(14)15(23)19-20-16(24)13-10-18-17(25)21(13)11-6-2-1-3-7-11/h1-10,22H,(H,18,25)(H,19,23)(H,20,24). The van der Waals surface area contributed by atoms with Crippen molar-refractivity contribution >= 4 is 24.0 Å². The van der Waals surface area contributed by atoms with Crippen LogP contribution in [0.25, 0.3) is 5.69 Å². The minimum absolute atomic E-state index is 0.0526. The Labute approximate surface area is 147 Å². The smallest absolute Gasteiger partial charge is 0.288 e. The van der Waals surface area contributed by atoms with Crippen molar-refractivity contribution < 1.29 is 14.7 Å². The quantitative estimate of drug-likeness (QED) is 0.428. The molecule has 3 rings (SSSR count). The van der Waals surface area contributed by atoms with Gasteiger partial charge in [-0.2, -0.15) is 0 Å². The van der Waals surface area contributed by atoms with Gasteiger partial charge >= 0.3 is 0 Å². The molecule has 7 nitrogen and oxygen atoms in total. The average Bonchev–Trinajstić information content (AvgIpc) is 3.02. The number of H-pyrrole nitrogens is 1. The normalized spacial score (nSPS) is 10.2. The molecule has 0 unspecified atom stereocenters. The summed E-state index contributed by atoms with van der Waals surface area (Å²) in [6, 6.07) is 15.1. The first-order valence-electron chi connectivity index (χ1n) is 7.32. The van der Waals surface area contributed by atoms with Crippen LogP contribution in [0, 0.1) is 4.77 Å². The number of hydrazine groups is 1. The van der Waals surface area contributed by atoms with Crippen molar-refractivity contribution in [1.29, 1.82) is 0 Å². The van der Waals surface area contributed by atoms with Crippen molar-refractivity contribution in [1.82, 2.24) is 20.4 Å². The number of aromatic nitrogens is 2. The zero-order chi connectivity index (χ0) is 17.8. The molecule has 0 aliphatic heterocycles. The number of phenolic OH excluding ortho intramolecular Hbond substituents is 1. The lowest BCUT2D eigenvalue weighted by molar-refractivity contribution is 0.0841. The summed E-state index contributed by atoms with van der Waals surface area (Å²) in [5.41, 5.74) is 5.57. The molecule has 25 heavy (non-hydrogen) atoms. The maximum Gasteiger partial charge on any atom is 0.288 e. The van der Waals surface area contributed by atoms with Gasteiger partial charge in [-0.15, -0.1) is 0 Å². The van der Waals surface area contributed by atoms with Crippen LogP contribution in [0.1, 0.15) is 20.8 Å². The highest BCUT2D eigenvalue weighted by Crippen LogP contribution is 2.15. The van der Waals surface area contributed by atoms with Crippen LogP contribution in [-0.2, 0) is 0 Å². The highest BCUT2D eigenvalue weighted by atomic mass is 32.1. The van der Waals surface area contributed by atoms with Crippen molar-refractivity contribution in [2.24, 2.45) is 0 Å². The van der Waals surface area contributed by atoms with Crippen LogP contribution in [0.5, 0.6) is 5.75 Å². The molecule has 1 aromatic heterocycles. The van der Waals surface area contributed by atoms with Gasteiger partial charge < -0.3 is 10.1 Å². The second-order valence-corrected chi connectivity index (χ2v) is 5.46. The number of nitrogens with one attached hydrogen (secondary N) is 3. The number of imidazole rings is 1. The predicted molar refractivity (Wildman–Crippen MR) is 94.0 cm³/mol. The Bertz CT molecular complexity index is 979. The van der Waals surface area contributed by atoms with E-state index in [-0.39, 0.29) is 17.0 Å². The van der Waals surface area contributed by atoms with Crippen molar-refractivity contribution in [3.05, 3.63) is 76.8 Å². The topological polar surface area (TPSA) is 99.2 Å². The molecule has 0 spiro atoms. The molecule has 0 fully saturated rings. The summed E-state index contributed by atoms with van der Waals surface area (Å²) in [7, 11) is 0. The van der Waals surface area contributed by atoms with Gasteiger partial charge in [-0.05, 0) is 36.5 Å². The van der Waals surface area contributed by atoms with Crippen LogP contribution < -0.4 is 10.9 Å². The van der Waals surface area contributed by atoms with Crippen molar-refractivity contribution in [3.8, 4) is 11.4 Å². The van der Waals surface area contributed by atoms with Gasteiger partial charge in [-0.3, -0.25) is 25.0 Å². The number of hydrogen-bond acceptors (Lipinski definition) is 4. The minimum Gasteiger partial charge on any atom is -0.507 e. The Balaban J connectivity index is 1.78. The van der Waals surface area contributed by atoms with Crippen molar-refractivity contribution in [2.75, 3.05) is 0 Å². The Kier molecular flexibility index (Phi) is 4.62. The third-order valence-corrected chi connectivity index (χ3v) is 3.76. The largest absolute Gasteiger partial charge is 0.507 e. The monoisotopic (exact) mass is 354 g/mol. The zero-order valence-corrected chi connectivity index (χ0v) is 13.7. The summed E-state index contributed by atoms with van der Waals surface area (Å²) >= 11 is 5.21. The lowest BCUT2D eigenvalue weighted by atomic mass is 10.2. The van der Waals surface area contributed by atoms with Crippen LogP contribution in [0.2, 0.25) is 0 Å². The lowest BCUT2D eigenvalue weighted by Gasteiger charge is -2.10. The van der Waals surface area contributed by atoms with E-state index < -0.39 is 11.8 Å². The van der Waals surface area contributed by atoms with Gasteiger partial charge in [0.25, 0.3) is 11.8 Å². The number of aromatic amines is 1. The Morgan fingerprint density at radius 3 is 2.32 bits per heavy atom. The van der Waals surface area contributed by atoms with Crippen LogP contribution >= 0.6 is 12.2 Å². The molecular formula is C17H14N4O3S. The zero-order valence-electron chi connectivity index (χ0n) is 12.9. The van der Waals surface area contributed by atoms with E-state index in [2.05, 4.69) is 15.8 Å². The lowest BCUT2D eigenvalue weighted by Crippen LogP contribution is -2.42. The van der Waals surface area contributed by atoms with E-state index in [9.17, 15) is 14.7 Å². The molecule has 2 amide bonds. The number of nitrogens with zero attached hydrogens (tertiary/aromatic N) is 1. The molecule has 0 saturated heterocycles. The van der Waals surface area contributed by atoms with Gasteiger partial charge in [0.2, 0.25) is 0 Å². The molecule has 126 valence electrons. The first-order valence-corrected chi connectivity index (χ1v) is 7.73. The Morgan fingerprint density at radius 1 is 0.960 bits per heavy atom. The summed E-state index contributed by atoms with van der Waals surface area (Å²) in [5, 5.41) is 9.66. The number of amides is 2. The molecule has 0 radical (unpaired) electrons. The fourth-order valence-corrected chi connectivity index (χ4v) is 2.54. The number of rotatable bonds is 3. The number of para-hydroxylation sites is 2. The molecule has 0 aliphatic carbocycles. The molecule has 2 aromatic carbocycles. The van der Waals surface area contributed by atoms with Crippen LogP contribution in [0.4, 0.5) is 0 Å². The highest BCUT2D eigenvalue weighted by molar-refractivity contribution is 7.71. The molecule has 0 saturated carbocycles. The maximum absolute atomic E-state index is 12.4. The van der Waals surface area contributed by atoms with Gasteiger partial charge in [-0.1, -0.05) is 30.3 Å². The average molecular weight is 354 g/mol. The molecule has 0 atom stereocenters. The molecule has 8 heteroatoms. The predicted octanol–water partition coefficient (Wildman–Crippen LogP) is 2.32. The van der Waals surface area contributed by atoms with Crippen LogP contribution in [-0.4, -0.2) is 26.5 Å². The van der Waals surface area contributed by atoms with E-state index in [4.69, 9.17) is 12.2 Å². The number of aromatic hydroxyl groups is 1. The van der Waals surface area contributed by atoms with Crippen LogP contribution in [0.3, 0.4) is 0 Å². The maximum atomic E-state index is 12.4. The molecule has 3 aromatic rings. The first kappa shape index (κ1) is 16.5.